The Morgan fingerprint density at radius 2 is 2.28 bits per heavy atom. The van der Waals surface area contributed by atoms with Gasteiger partial charge in [0, 0.05) is 19.3 Å². The smallest absolute Gasteiger partial charge is 0.254 e. The maximum atomic E-state index is 12.0. The van der Waals surface area contributed by atoms with E-state index in [2.05, 4.69) is 17.3 Å². The number of carbonyl (C=O) groups excluding carboxylic acids is 1. The fraction of sp³-hybridized carbons (Fsp3) is 0.692. The number of hydrogen-bond acceptors (Lipinski definition) is 3. The summed E-state index contributed by atoms with van der Waals surface area (Å²) in [6.07, 6.45) is 4.79. The molecule has 0 radical (unpaired) electrons. The summed E-state index contributed by atoms with van der Waals surface area (Å²) in [5, 5.41) is 7.05. The van der Waals surface area contributed by atoms with Crippen LogP contribution in [0.3, 0.4) is 0 Å². The van der Waals surface area contributed by atoms with E-state index in [1.165, 1.54) is 0 Å². The van der Waals surface area contributed by atoms with Gasteiger partial charge in [-0.1, -0.05) is 13.3 Å². The van der Waals surface area contributed by atoms with Crippen LogP contribution in [0.5, 0.6) is 0 Å². The minimum Gasteiger partial charge on any atom is -0.352 e. The van der Waals surface area contributed by atoms with Crippen LogP contribution >= 0.6 is 0 Å². The predicted molar refractivity (Wildman–Crippen MR) is 72.3 cm³/mol. The highest BCUT2D eigenvalue weighted by molar-refractivity contribution is 5.94. The molecule has 1 unspecified atom stereocenters. The van der Waals surface area contributed by atoms with Gasteiger partial charge in [0.15, 0.2) is 0 Å². The molecular weight excluding hydrogens is 228 g/mol. The van der Waals surface area contributed by atoms with E-state index in [0.717, 1.165) is 25.0 Å². The van der Waals surface area contributed by atoms with Crippen molar-refractivity contribution < 1.29 is 4.79 Å². The first-order valence-corrected chi connectivity index (χ1v) is 6.57. The summed E-state index contributed by atoms with van der Waals surface area (Å²) in [4.78, 5) is 12.0. The van der Waals surface area contributed by atoms with Crippen molar-refractivity contribution in [1.29, 1.82) is 0 Å². The first kappa shape index (κ1) is 14.7. The highest BCUT2D eigenvalue weighted by Crippen LogP contribution is 2.10. The summed E-state index contributed by atoms with van der Waals surface area (Å²) < 4.78 is 1.71. The third-order valence-electron chi connectivity index (χ3n) is 3.30. The van der Waals surface area contributed by atoms with E-state index in [1.807, 2.05) is 14.0 Å². The van der Waals surface area contributed by atoms with Crippen LogP contribution in [-0.2, 0) is 7.05 Å². The quantitative estimate of drug-likeness (QED) is 0.766. The second kappa shape index (κ2) is 7.16. The van der Waals surface area contributed by atoms with Crippen molar-refractivity contribution in [1.82, 2.24) is 15.1 Å². The molecule has 0 aromatic carbocycles. The van der Waals surface area contributed by atoms with Crippen LogP contribution in [-0.4, -0.2) is 28.8 Å². The van der Waals surface area contributed by atoms with Gasteiger partial charge in [0.1, 0.15) is 0 Å². The Morgan fingerprint density at radius 3 is 2.78 bits per heavy atom. The Morgan fingerprint density at radius 1 is 1.56 bits per heavy atom. The van der Waals surface area contributed by atoms with Crippen molar-refractivity contribution >= 4 is 5.91 Å². The Labute approximate surface area is 109 Å². The van der Waals surface area contributed by atoms with Gasteiger partial charge >= 0.3 is 0 Å². The zero-order chi connectivity index (χ0) is 13.5. The number of carbonyl (C=O) groups is 1. The van der Waals surface area contributed by atoms with Gasteiger partial charge in [0.25, 0.3) is 5.91 Å². The summed E-state index contributed by atoms with van der Waals surface area (Å²) in [6.45, 7) is 5.41. The lowest BCUT2D eigenvalue weighted by Crippen LogP contribution is -2.30. The number of aryl methyl sites for hydroxylation is 1. The summed E-state index contributed by atoms with van der Waals surface area (Å²) in [6, 6.07) is 0. The Kier molecular flexibility index (Phi) is 5.85. The van der Waals surface area contributed by atoms with Crippen molar-refractivity contribution in [3.63, 3.8) is 0 Å². The van der Waals surface area contributed by atoms with Crippen LogP contribution in [0.4, 0.5) is 0 Å². The Hall–Kier alpha value is -1.36. The minimum absolute atomic E-state index is 0.0428. The zero-order valence-electron chi connectivity index (χ0n) is 11.6. The molecule has 5 heteroatoms. The molecule has 0 fully saturated rings. The van der Waals surface area contributed by atoms with Crippen LogP contribution in [0.25, 0.3) is 0 Å². The van der Waals surface area contributed by atoms with Crippen LogP contribution < -0.4 is 11.1 Å². The maximum absolute atomic E-state index is 12.0. The van der Waals surface area contributed by atoms with Crippen molar-refractivity contribution in [3.05, 3.63) is 17.5 Å². The van der Waals surface area contributed by atoms with Gasteiger partial charge in [0.05, 0.1) is 11.8 Å². The molecule has 1 aromatic heterocycles. The van der Waals surface area contributed by atoms with E-state index in [0.29, 0.717) is 24.6 Å². The second-order valence-corrected chi connectivity index (χ2v) is 4.71. The molecule has 0 aliphatic rings. The molecule has 0 saturated heterocycles. The van der Waals surface area contributed by atoms with Crippen molar-refractivity contribution in [2.24, 2.45) is 18.7 Å². The molecule has 1 rings (SSSR count). The fourth-order valence-electron chi connectivity index (χ4n) is 2.05. The monoisotopic (exact) mass is 252 g/mol. The first-order valence-electron chi connectivity index (χ1n) is 6.57. The Bertz CT molecular complexity index is 380. The molecule has 0 saturated carbocycles. The van der Waals surface area contributed by atoms with Crippen molar-refractivity contribution in [3.8, 4) is 0 Å². The Balaban J connectivity index is 2.51. The first-order chi connectivity index (χ1) is 8.60. The molecule has 3 N–H and O–H groups in total. The van der Waals surface area contributed by atoms with Gasteiger partial charge in [-0.2, -0.15) is 5.10 Å². The lowest BCUT2D eigenvalue weighted by molar-refractivity contribution is 0.0945. The van der Waals surface area contributed by atoms with Crippen LogP contribution in [0.2, 0.25) is 0 Å². The number of amides is 1. The summed E-state index contributed by atoms with van der Waals surface area (Å²) in [5.41, 5.74) is 7.12. The largest absolute Gasteiger partial charge is 0.352 e. The van der Waals surface area contributed by atoms with Crippen molar-refractivity contribution in [2.75, 3.05) is 13.1 Å². The van der Waals surface area contributed by atoms with Gasteiger partial charge in [-0.3, -0.25) is 9.48 Å². The molecule has 102 valence electrons. The van der Waals surface area contributed by atoms with Crippen molar-refractivity contribution in [2.45, 2.75) is 33.1 Å². The molecule has 0 spiro atoms. The number of nitrogens with zero attached hydrogens (tertiary/aromatic N) is 2. The van der Waals surface area contributed by atoms with Crippen LogP contribution in [0.1, 0.15) is 42.2 Å². The average molecular weight is 252 g/mol. The molecule has 0 aliphatic carbocycles. The number of nitrogens with one attached hydrogen (secondary N) is 1. The topological polar surface area (TPSA) is 72.9 Å². The van der Waals surface area contributed by atoms with E-state index in [1.54, 1.807) is 10.9 Å². The van der Waals surface area contributed by atoms with Gasteiger partial charge in [0.2, 0.25) is 0 Å². The summed E-state index contributed by atoms with van der Waals surface area (Å²) in [7, 11) is 1.83. The highest BCUT2D eigenvalue weighted by atomic mass is 16.1. The van der Waals surface area contributed by atoms with Gasteiger partial charge in [-0.25, -0.2) is 0 Å². The number of nitrogens with two attached hydrogens (primary N) is 1. The molecule has 0 bridgehead atoms. The number of aromatic nitrogens is 2. The SMILES string of the molecule is CCCC(CCN)CNC(=O)c1cnn(C)c1C. The summed E-state index contributed by atoms with van der Waals surface area (Å²) >= 11 is 0. The predicted octanol–water partition coefficient (Wildman–Crippen LogP) is 1.22. The van der Waals surface area contributed by atoms with Gasteiger partial charge < -0.3 is 11.1 Å². The lowest BCUT2D eigenvalue weighted by atomic mass is 10.00. The summed E-state index contributed by atoms with van der Waals surface area (Å²) in [5.74, 6) is 0.430. The third-order valence-corrected chi connectivity index (χ3v) is 3.30. The van der Waals surface area contributed by atoms with E-state index in [4.69, 9.17) is 5.73 Å². The fourth-order valence-corrected chi connectivity index (χ4v) is 2.05. The van der Waals surface area contributed by atoms with Gasteiger partial charge in [-0.15, -0.1) is 0 Å². The molecule has 18 heavy (non-hydrogen) atoms. The normalized spacial score (nSPS) is 12.4. The number of rotatable bonds is 7. The molecular formula is C13H24N4O. The standard InChI is InChI=1S/C13H24N4O/c1-4-5-11(6-7-14)8-15-13(18)12-9-16-17(3)10(12)2/h9,11H,4-8,14H2,1-3H3,(H,15,18). The molecule has 1 atom stereocenters. The second-order valence-electron chi connectivity index (χ2n) is 4.71. The zero-order valence-corrected chi connectivity index (χ0v) is 11.6. The van der Waals surface area contributed by atoms with E-state index < -0.39 is 0 Å². The average Bonchev–Trinajstić information content (AvgIpc) is 2.67. The lowest BCUT2D eigenvalue weighted by Gasteiger charge is -2.15. The van der Waals surface area contributed by atoms with Crippen LogP contribution in [0.15, 0.2) is 6.20 Å². The maximum Gasteiger partial charge on any atom is 0.254 e. The third kappa shape index (κ3) is 3.84. The molecule has 0 aliphatic heterocycles. The molecule has 5 nitrogen and oxygen atoms in total. The van der Waals surface area contributed by atoms with Gasteiger partial charge in [-0.05, 0) is 32.2 Å². The molecule has 1 aromatic rings. The van der Waals surface area contributed by atoms with Crippen LogP contribution in [0, 0.1) is 12.8 Å². The number of hydrogen-bond donors (Lipinski definition) is 2. The van der Waals surface area contributed by atoms with E-state index in [9.17, 15) is 4.79 Å². The molecule has 1 amide bonds. The van der Waals surface area contributed by atoms with E-state index >= 15 is 0 Å². The molecule has 1 heterocycles. The highest BCUT2D eigenvalue weighted by Gasteiger charge is 2.14. The minimum atomic E-state index is -0.0428. The van der Waals surface area contributed by atoms with E-state index in [-0.39, 0.29) is 5.91 Å².